The zero-order chi connectivity index (χ0) is 11.8. The highest BCUT2D eigenvalue weighted by atomic mass is 16.5. The third kappa shape index (κ3) is 2.19. The summed E-state index contributed by atoms with van der Waals surface area (Å²) in [6.45, 7) is 3.52. The maximum Gasteiger partial charge on any atom is 0.176 e. The average molecular weight is 220 g/mol. The molecule has 0 atom stereocenters. The molecule has 0 saturated carbocycles. The van der Waals surface area contributed by atoms with Gasteiger partial charge in [0, 0.05) is 11.8 Å². The number of hydrogen-bond donors (Lipinski definition) is 1. The molecule has 0 bridgehead atoms. The first-order valence-electron chi connectivity index (χ1n) is 5.27. The maximum absolute atomic E-state index is 9.73. The zero-order valence-corrected chi connectivity index (χ0v) is 9.78. The van der Waals surface area contributed by atoms with E-state index in [0.29, 0.717) is 6.42 Å². The summed E-state index contributed by atoms with van der Waals surface area (Å²) in [6, 6.07) is 7.69. The molecule has 2 aromatic rings. The van der Waals surface area contributed by atoms with Gasteiger partial charge >= 0.3 is 0 Å². The Labute approximate surface area is 94.6 Å². The zero-order valence-electron chi connectivity index (χ0n) is 9.78. The summed E-state index contributed by atoms with van der Waals surface area (Å²) in [5.74, 6) is 1.49. The minimum absolute atomic E-state index is 0.491. The molecule has 1 heterocycles. The molecule has 0 radical (unpaired) electrons. The molecule has 3 heteroatoms. The van der Waals surface area contributed by atoms with Crippen molar-refractivity contribution in [3.63, 3.8) is 0 Å². The number of hydrogen-bond acceptors (Lipinski definition) is 3. The summed E-state index contributed by atoms with van der Waals surface area (Å²) in [5.41, 5.74) is -0.0227. The van der Waals surface area contributed by atoms with Crippen LogP contribution in [-0.4, -0.2) is 17.8 Å². The molecule has 3 nitrogen and oxygen atoms in total. The van der Waals surface area contributed by atoms with Crippen molar-refractivity contribution in [3.05, 3.63) is 30.0 Å². The average Bonchev–Trinajstić information content (AvgIpc) is 2.56. The number of benzene rings is 1. The Kier molecular flexibility index (Phi) is 2.64. The van der Waals surface area contributed by atoms with Gasteiger partial charge in [-0.15, -0.1) is 0 Å². The molecule has 0 fully saturated rings. The molecule has 2 rings (SSSR count). The lowest BCUT2D eigenvalue weighted by molar-refractivity contribution is 0.0757. The molecule has 1 aromatic carbocycles. The van der Waals surface area contributed by atoms with Crippen molar-refractivity contribution in [2.75, 3.05) is 7.11 Å². The van der Waals surface area contributed by atoms with E-state index < -0.39 is 5.60 Å². The Bertz CT molecular complexity index is 491. The first kappa shape index (κ1) is 11.0. The van der Waals surface area contributed by atoms with E-state index in [1.165, 1.54) is 0 Å². The van der Waals surface area contributed by atoms with Gasteiger partial charge < -0.3 is 14.3 Å². The number of ether oxygens (including phenoxy) is 1. The van der Waals surface area contributed by atoms with Gasteiger partial charge in [0.1, 0.15) is 5.76 Å². The van der Waals surface area contributed by atoms with Crippen molar-refractivity contribution < 1.29 is 14.3 Å². The van der Waals surface area contributed by atoms with Crippen LogP contribution in [0.1, 0.15) is 19.6 Å². The van der Waals surface area contributed by atoms with Crippen LogP contribution in [0.25, 0.3) is 11.0 Å². The highest BCUT2D eigenvalue weighted by Gasteiger charge is 2.17. The highest BCUT2D eigenvalue weighted by Crippen LogP contribution is 2.29. The van der Waals surface area contributed by atoms with Crippen molar-refractivity contribution in [2.24, 2.45) is 0 Å². The van der Waals surface area contributed by atoms with Gasteiger partial charge in [-0.3, -0.25) is 0 Å². The third-order valence-electron chi connectivity index (χ3n) is 2.39. The molecule has 0 amide bonds. The van der Waals surface area contributed by atoms with Gasteiger partial charge in [-0.1, -0.05) is 12.1 Å². The molecule has 0 aliphatic rings. The minimum atomic E-state index is -0.763. The van der Waals surface area contributed by atoms with Crippen LogP contribution in [0.4, 0.5) is 0 Å². The van der Waals surface area contributed by atoms with Gasteiger partial charge in [0.15, 0.2) is 11.3 Å². The molecule has 86 valence electrons. The van der Waals surface area contributed by atoms with Gasteiger partial charge in [-0.2, -0.15) is 0 Å². The summed E-state index contributed by atoms with van der Waals surface area (Å²) in [7, 11) is 1.62. The molecule has 0 saturated heterocycles. The van der Waals surface area contributed by atoms with Crippen LogP contribution in [0.3, 0.4) is 0 Å². The highest BCUT2D eigenvalue weighted by molar-refractivity contribution is 5.83. The molecule has 0 unspecified atom stereocenters. The second kappa shape index (κ2) is 3.83. The Balaban J connectivity index is 2.44. The topological polar surface area (TPSA) is 42.6 Å². The van der Waals surface area contributed by atoms with E-state index in [9.17, 15) is 5.11 Å². The molecular weight excluding hydrogens is 204 g/mol. The summed E-state index contributed by atoms with van der Waals surface area (Å²) >= 11 is 0. The molecule has 0 aliphatic carbocycles. The standard InChI is InChI=1S/C13H16O3/c1-13(2,14)8-10-7-9-5-4-6-11(15-3)12(9)16-10/h4-7,14H,8H2,1-3H3. The summed E-state index contributed by atoms with van der Waals surface area (Å²) in [6.07, 6.45) is 0.491. The molecule has 1 aromatic heterocycles. The van der Waals surface area contributed by atoms with E-state index in [0.717, 1.165) is 22.5 Å². The van der Waals surface area contributed by atoms with E-state index in [-0.39, 0.29) is 0 Å². The van der Waals surface area contributed by atoms with Crippen LogP contribution in [0, 0.1) is 0 Å². The van der Waals surface area contributed by atoms with E-state index in [2.05, 4.69) is 0 Å². The van der Waals surface area contributed by atoms with Crippen molar-refractivity contribution in [1.82, 2.24) is 0 Å². The van der Waals surface area contributed by atoms with E-state index in [1.54, 1.807) is 21.0 Å². The van der Waals surface area contributed by atoms with Crippen molar-refractivity contribution in [2.45, 2.75) is 25.9 Å². The first-order valence-corrected chi connectivity index (χ1v) is 5.27. The quantitative estimate of drug-likeness (QED) is 0.864. The molecule has 0 aliphatic heterocycles. The molecular formula is C13H16O3. The fraction of sp³-hybridized carbons (Fsp3) is 0.385. The Hall–Kier alpha value is -1.48. The summed E-state index contributed by atoms with van der Waals surface area (Å²) in [5, 5.41) is 10.7. The number of rotatable bonds is 3. The lowest BCUT2D eigenvalue weighted by Crippen LogP contribution is -2.21. The smallest absolute Gasteiger partial charge is 0.176 e. The van der Waals surface area contributed by atoms with Crippen molar-refractivity contribution in [3.8, 4) is 5.75 Å². The van der Waals surface area contributed by atoms with Crippen LogP contribution in [0.2, 0.25) is 0 Å². The maximum atomic E-state index is 9.73. The van der Waals surface area contributed by atoms with E-state index in [1.807, 2.05) is 24.3 Å². The lowest BCUT2D eigenvalue weighted by Gasteiger charge is -2.14. The molecule has 0 spiro atoms. The number of methoxy groups -OCH3 is 1. The van der Waals surface area contributed by atoms with Crippen LogP contribution in [-0.2, 0) is 6.42 Å². The predicted molar refractivity (Wildman–Crippen MR) is 62.8 cm³/mol. The SMILES string of the molecule is COc1cccc2cc(CC(C)(C)O)oc12. The monoisotopic (exact) mass is 220 g/mol. The van der Waals surface area contributed by atoms with Crippen LogP contribution in [0.5, 0.6) is 5.75 Å². The fourth-order valence-corrected chi connectivity index (χ4v) is 1.76. The number of para-hydroxylation sites is 1. The largest absolute Gasteiger partial charge is 0.493 e. The number of fused-ring (bicyclic) bond motifs is 1. The number of aliphatic hydroxyl groups is 1. The Morgan fingerprint density at radius 1 is 1.38 bits per heavy atom. The second-order valence-electron chi connectivity index (χ2n) is 4.58. The van der Waals surface area contributed by atoms with E-state index in [4.69, 9.17) is 9.15 Å². The van der Waals surface area contributed by atoms with Gasteiger partial charge in [0.2, 0.25) is 0 Å². The van der Waals surface area contributed by atoms with Crippen LogP contribution < -0.4 is 4.74 Å². The fourth-order valence-electron chi connectivity index (χ4n) is 1.76. The normalized spacial score (nSPS) is 12.0. The Morgan fingerprint density at radius 2 is 2.12 bits per heavy atom. The Morgan fingerprint density at radius 3 is 2.75 bits per heavy atom. The van der Waals surface area contributed by atoms with E-state index >= 15 is 0 Å². The summed E-state index contributed by atoms with van der Waals surface area (Å²) < 4.78 is 10.9. The third-order valence-corrected chi connectivity index (χ3v) is 2.39. The van der Waals surface area contributed by atoms with Gasteiger partial charge in [-0.25, -0.2) is 0 Å². The van der Waals surface area contributed by atoms with Gasteiger partial charge in [0.25, 0.3) is 0 Å². The van der Waals surface area contributed by atoms with Crippen LogP contribution >= 0.6 is 0 Å². The van der Waals surface area contributed by atoms with Gasteiger partial charge in [-0.05, 0) is 26.0 Å². The van der Waals surface area contributed by atoms with Crippen molar-refractivity contribution in [1.29, 1.82) is 0 Å². The van der Waals surface area contributed by atoms with Gasteiger partial charge in [0.05, 0.1) is 12.7 Å². The predicted octanol–water partition coefficient (Wildman–Crippen LogP) is 2.75. The molecule has 1 N–H and O–H groups in total. The second-order valence-corrected chi connectivity index (χ2v) is 4.58. The lowest BCUT2D eigenvalue weighted by atomic mass is 10.0. The van der Waals surface area contributed by atoms with Crippen LogP contribution in [0.15, 0.2) is 28.7 Å². The summed E-state index contributed by atoms with van der Waals surface area (Å²) in [4.78, 5) is 0. The minimum Gasteiger partial charge on any atom is -0.493 e. The number of furan rings is 1. The first-order chi connectivity index (χ1) is 7.49. The molecule has 16 heavy (non-hydrogen) atoms. The van der Waals surface area contributed by atoms with Crippen molar-refractivity contribution >= 4 is 11.0 Å².